The van der Waals surface area contributed by atoms with Gasteiger partial charge in [-0.15, -0.1) is 0 Å². The molecule has 0 saturated heterocycles. The molecule has 0 aliphatic carbocycles. The zero-order chi connectivity index (χ0) is 18.9. The summed E-state index contributed by atoms with van der Waals surface area (Å²) in [6, 6.07) is 10.5. The van der Waals surface area contributed by atoms with E-state index in [1.54, 1.807) is 0 Å². The lowest BCUT2D eigenvalue weighted by Gasteiger charge is -2.19. The topological polar surface area (TPSA) is 61.1 Å². The number of benzene rings is 2. The van der Waals surface area contributed by atoms with Crippen molar-refractivity contribution in [1.82, 2.24) is 0 Å². The van der Waals surface area contributed by atoms with Gasteiger partial charge in [-0.2, -0.15) is 4.73 Å². The summed E-state index contributed by atoms with van der Waals surface area (Å²) in [5.74, 6) is -1.64. The van der Waals surface area contributed by atoms with E-state index in [-0.39, 0.29) is 16.0 Å². The number of halogens is 3. The lowest BCUT2D eigenvalue weighted by Crippen LogP contribution is -2.25. The quantitative estimate of drug-likeness (QED) is 0.498. The fourth-order valence-electron chi connectivity index (χ4n) is 2.60. The largest absolute Gasteiger partial charge is 0.619 e. The van der Waals surface area contributed by atoms with E-state index in [0.717, 1.165) is 30.6 Å². The van der Waals surface area contributed by atoms with Gasteiger partial charge in [0.2, 0.25) is 0 Å². The van der Waals surface area contributed by atoms with Crippen LogP contribution < -0.4 is 4.73 Å². The van der Waals surface area contributed by atoms with E-state index in [4.69, 9.17) is 11.6 Å². The van der Waals surface area contributed by atoms with E-state index in [1.165, 1.54) is 36.4 Å². The van der Waals surface area contributed by atoms with Crippen LogP contribution in [0.4, 0.5) is 8.78 Å². The van der Waals surface area contributed by atoms with Crippen LogP contribution in [0.15, 0.2) is 71.9 Å². The van der Waals surface area contributed by atoms with Crippen molar-refractivity contribution >= 4 is 21.4 Å². The van der Waals surface area contributed by atoms with Gasteiger partial charge in [-0.1, -0.05) is 11.6 Å². The lowest BCUT2D eigenvalue weighted by molar-refractivity contribution is -0.605. The van der Waals surface area contributed by atoms with Crippen molar-refractivity contribution in [2.75, 3.05) is 0 Å². The predicted molar refractivity (Wildman–Crippen MR) is 92.2 cm³/mol. The Morgan fingerprint density at radius 1 is 0.962 bits per heavy atom. The molecule has 0 fully saturated rings. The monoisotopic (exact) mass is 395 g/mol. The molecule has 0 aliphatic rings. The molecule has 1 heterocycles. The molecule has 3 rings (SSSR count). The maximum absolute atomic E-state index is 14.4. The van der Waals surface area contributed by atoms with Gasteiger partial charge in [0, 0.05) is 22.7 Å². The fourth-order valence-corrected chi connectivity index (χ4v) is 4.54. The Bertz CT molecular complexity index is 1040. The Kier molecular flexibility index (Phi) is 4.93. The van der Waals surface area contributed by atoms with E-state index < -0.39 is 26.7 Å². The first kappa shape index (κ1) is 18.3. The van der Waals surface area contributed by atoms with Crippen LogP contribution in [0.1, 0.15) is 16.4 Å². The van der Waals surface area contributed by atoms with Gasteiger partial charge in [-0.3, -0.25) is 0 Å². The first-order chi connectivity index (χ1) is 12.3. The molecule has 0 bridgehead atoms. The smallest absolute Gasteiger partial charge is 0.189 e. The Balaban J connectivity index is 2.25. The molecule has 0 N–H and O–H groups in total. The number of rotatable bonds is 4. The van der Waals surface area contributed by atoms with Gasteiger partial charge >= 0.3 is 0 Å². The zero-order valence-corrected chi connectivity index (χ0v) is 14.7. The molecule has 1 unspecified atom stereocenters. The molecule has 0 saturated carbocycles. The SMILES string of the molecule is O=S(=O)(c1ccc(Cl)cc1)C(c1cc[n+]([O-])cc1)c1cc(F)ccc1F. The van der Waals surface area contributed by atoms with Crippen LogP contribution in [0.2, 0.25) is 5.02 Å². The maximum atomic E-state index is 14.4. The minimum atomic E-state index is -4.15. The molecule has 134 valence electrons. The van der Waals surface area contributed by atoms with Crippen molar-refractivity contribution in [2.24, 2.45) is 0 Å². The van der Waals surface area contributed by atoms with Crippen LogP contribution >= 0.6 is 11.6 Å². The van der Waals surface area contributed by atoms with Gasteiger partial charge in [0.1, 0.15) is 16.9 Å². The second-order valence-corrected chi connectivity index (χ2v) is 8.01. The molecule has 4 nitrogen and oxygen atoms in total. The molecule has 0 radical (unpaired) electrons. The van der Waals surface area contributed by atoms with Crippen LogP contribution in [0, 0.1) is 16.8 Å². The number of hydrogen-bond donors (Lipinski definition) is 0. The third-order valence-corrected chi connectivity index (χ3v) is 6.15. The van der Waals surface area contributed by atoms with Gasteiger partial charge in [-0.05, 0) is 48.0 Å². The van der Waals surface area contributed by atoms with Gasteiger partial charge in [0.15, 0.2) is 22.2 Å². The average Bonchev–Trinajstić information content (AvgIpc) is 2.60. The normalized spacial score (nSPS) is 12.7. The van der Waals surface area contributed by atoms with Crippen molar-refractivity contribution in [2.45, 2.75) is 10.1 Å². The molecule has 2 aromatic carbocycles. The summed E-state index contributed by atoms with van der Waals surface area (Å²) in [6.07, 6.45) is 2.19. The number of nitrogens with zero attached hydrogens (tertiary/aromatic N) is 1. The van der Waals surface area contributed by atoms with Crippen molar-refractivity contribution in [3.63, 3.8) is 0 Å². The summed E-state index contributed by atoms with van der Waals surface area (Å²) in [5.41, 5.74) is -0.208. The Hall–Kier alpha value is -2.51. The Morgan fingerprint density at radius 2 is 1.58 bits per heavy atom. The molecule has 0 spiro atoms. The zero-order valence-electron chi connectivity index (χ0n) is 13.1. The van der Waals surface area contributed by atoms with E-state index >= 15 is 0 Å². The molecular weight excluding hydrogens is 384 g/mol. The third-order valence-electron chi connectivity index (χ3n) is 3.82. The van der Waals surface area contributed by atoms with Crippen LogP contribution in [0.3, 0.4) is 0 Å². The van der Waals surface area contributed by atoms with Gasteiger partial charge in [-0.25, -0.2) is 17.2 Å². The summed E-state index contributed by atoms with van der Waals surface area (Å²) in [5, 5.41) is 10.1. The first-order valence-electron chi connectivity index (χ1n) is 7.42. The van der Waals surface area contributed by atoms with Crippen LogP contribution in [0.5, 0.6) is 0 Å². The standard InChI is InChI=1S/C18H12ClF2NO3S/c19-13-1-4-15(5-2-13)26(24,25)18(12-7-9-22(23)10-8-12)16-11-14(20)3-6-17(16)21/h1-11,18H. The second-order valence-electron chi connectivity index (χ2n) is 5.54. The van der Waals surface area contributed by atoms with Crippen LogP contribution in [0.25, 0.3) is 0 Å². The van der Waals surface area contributed by atoms with Crippen molar-refractivity contribution in [3.8, 4) is 0 Å². The predicted octanol–water partition coefficient (Wildman–Crippen LogP) is 3.81. The van der Waals surface area contributed by atoms with E-state index in [9.17, 15) is 22.4 Å². The summed E-state index contributed by atoms with van der Waals surface area (Å²) < 4.78 is 54.9. The average molecular weight is 396 g/mol. The van der Waals surface area contributed by atoms with Crippen LogP contribution in [-0.4, -0.2) is 8.42 Å². The minimum absolute atomic E-state index is 0.102. The fraction of sp³-hybridized carbons (Fsp3) is 0.0556. The third kappa shape index (κ3) is 3.54. The highest BCUT2D eigenvalue weighted by Gasteiger charge is 2.33. The van der Waals surface area contributed by atoms with Crippen molar-refractivity contribution in [3.05, 3.63) is 100.0 Å². The lowest BCUT2D eigenvalue weighted by atomic mass is 10.0. The molecule has 8 heteroatoms. The maximum Gasteiger partial charge on any atom is 0.189 e. The Morgan fingerprint density at radius 3 is 2.19 bits per heavy atom. The molecule has 1 aromatic heterocycles. The van der Waals surface area contributed by atoms with Crippen molar-refractivity contribution < 1.29 is 21.9 Å². The highest BCUT2D eigenvalue weighted by Crippen LogP contribution is 2.36. The summed E-state index contributed by atoms with van der Waals surface area (Å²) in [4.78, 5) is -0.102. The summed E-state index contributed by atoms with van der Waals surface area (Å²) >= 11 is 5.80. The molecule has 3 aromatic rings. The van der Waals surface area contributed by atoms with Crippen molar-refractivity contribution in [1.29, 1.82) is 0 Å². The minimum Gasteiger partial charge on any atom is -0.619 e. The number of pyridine rings is 1. The molecule has 1 atom stereocenters. The van der Waals surface area contributed by atoms with Gasteiger partial charge < -0.3 is 5.21 Å². The summed E-state index contributed by atoms with van der Waals surface area (Å²) in [6.45, 7) is 0. The van der Waals surface area contributed by atoms with Crippen LogP contribution in [-0.2, 0) is 9.84 Å². The van der Waals surface area contributed by atoms with Gasteiger partial charge in [0.05, 0.1) is 4.90 Å². The van der Waals surface area contributed by atoms with E-state index in [0.29, 0.717) is 9.75 Å². The Labute approximate surface area is 153 Å². The second kappa shape index (κ2) is 7.01. The van der Waals surface area contributed by atoms with Gasteiger partial charge in [0.25, 0.3) is 0 Å². The highest BCUT2D eigenvalue weighted by molar-refractivity contribution is 7.91. The van der Waals surface area contributed by atoms with E-state index in [1.807, 2.05) is 0 Å². The molecule has 0 amide bonds. The molecule has 26 heavy (non-hydrogen) atoms. The number of hydrogen-bond acceptors (Lipinski definition) is 3. The number of aromatic nitrogens is 1. The summed E-state index contributed by atoms with van der Waals surface area (Å²) in [7, 11) is -4.15. The molecule has 0 aliphatic heterocycles. The highest BCUT2D eigenvalue weighted by atomic mass is 35.5. The van der Waals surface area contributed by atoms with E-state index in [2.05, 4.69) is 0 Å². The molecular formula is C18H12ClF2NO3S. The first-order valence-corrected chi connectivity index (χ1v) is 9.34. The number of sulfone groups is 1.